The summed E-state index contributed by atoms with van der Waals surface area (Å²) in [6.45, 7) is 3.53. The van der Waals surface area contributed by atoms with Gasteiger partial charge in [0, 0.05) is 0 Å². The Labute approximate surface area is 121 Å². The topological polar surface area (TPSA) is 71.4 Å². The average molecular weight is 323 g/mol. The highest BCUT2D eigenvalue weighted by molar-refractivity contribution is 7.91. The van der Waals surface area contributed by atoms with E-state index in [1.165, 1.54) is 6.08 Å². The molecule has 0 saturated carbocycles. The highest BCUT2D eigenvalue weighted by Crippen LogP contribution is 2.29. The van der Waals surface area contributed by atoms with Crippen molar-refractivity contribution in [2.75, 3.05) is 5.75 Å². The van der Waals surface area contributed by atoms with Gasteiger partial charge >= 0.3 is 5.97 Å². The Kier molecular flexibility index (Phi) is 5.01. The van der Waals surface area contributed by atoms with Gasteiger partial charge in [-0.15, -0.1) is 0 Å². The van der Waals surface area contributed by atoms with Crippen molar-refractivity contribution in [3.05, 3.63) is 39.4 Å². The molecule has 1 N–H and O–H groups in total. The number of halogens is 2. The van der Waals surface area contributed by atoms with Gasteiger partial charge in [-0.1, -0.05) is 34.9 Å². The third-order valence-corrected chi connectivity index (χ3v) is 4.65. The summed E-state index contributed by atoms with van der Waals surface area (Å²) in [7, 11) is -3.69. The van der Waals surface area contributed by atoms with Crippen LogP contribution in [0.3, 0.4) is 0 Å². The summed E-state index contributed by atoms with van der Waals surface area (Å²) in [5.74, 6) is -1.55. The first kappa shape index (κ1) is 16.0. The summed E-state index contributed by atoms with van der Waals surface area (Å²) in [6, 6.07) is 2.11. The van der Waals surface area contributed by atoms with E-state index in [2.05, 4.69) is 0 Å². The van der Waals surface area contributed by atoms with E-state index in [1.54, 1.807) is 13.8 Å². The largest absolute Gasteiger partial charge is 0.478 e. The van der Waals surface area contributed by atoms with Crippen LogP contribution in [0.15, 0.2) is 28.7 Å². The molecular weight excluding hydrogens is 311 g/mol. The van der Waals surface area contributed by atoms with Crippen LogP contribution in [-0.4, -0.2) is 25.2 Å². The first-order valence-corrected chi connectivity index (χ1v) is 7.64. The molecule has 4 nitrogen and oxygen atoms in total. The van der Waals surface area contributed by atoms with Gasteiger partial charge in [-0.2, -0.15) is 0 Å². The molecule has 0 heterocycles. The van der Waals surface area contributed by atoms with Gasteiger partial charge in [-0.25, -0.2) is 13.2 Å². The van der Waals surface area contributed by atoms with E-state index in [1.807, 2.05) is 0 Å². The minimum absolute atomic E-state index is 0.0860. The number of carboxylic acids is 1. The maximum Gasteiger partial charge on any atom is 0.337 e. The first-order chi connectivity index (χ1) is 8.65. The molecule has 7 heteroatoms. The fourth-order valence-electron chi connectivity index (χ4n) is 1.30. The molecular formula is C12H12Cl2O4S. The Morgan fingerprint density at radius 2 is 1.84 bits per heavy atom. The lowest BCUT2D eigenvalue weighted by atomic mass is 10.2. The summed E-state index contributed by atoms with van der Waals surface area (Å²) >= 11 is 11.5. The molecule has 1 aromatic rings. The van der Waals surface area contributed by atoms with E-state index in [0.29, 0.717) is 0 Å². The summed E-state index contributed by atoms with van der Waals surface area (Å²) < 4.78 is 24.2. The van der Waals surface area contributed by atoms with Gasteiger partial charge in [0.25, 0.3) is 0 Å². The highest BCUT2D eigenvalue weighted by atomic mass is 35.5. The van der Waals surface area contributed by atoms with E-state index >= 15 is 0 Å². The Bertz CT molecular complexity index is 644. The molecule has 0 aliphatic heterocycles. The van der Waals surface area contributed by atoms with Crippen LogP contribution in [-0.2, 0) is 9.84 Å². The van der Waals surface area contributed by atoms with Crippen LogP contribution in [0.25, 0.3) is 0 Å². The molecule has 19 heavy (non-hydrogen) atoms. The lowest BCUT2D eigenvalue weighted by Gasteiger charge is -2.07. The van der Waals surface area contributed by atoms with E-state index < -0.39 is 15.8 Å². The van der Waals surface area contributed by atoms with E-state index in [-0.39, 0.29) is 26.3 Å². The number of sulfone groups is 1. The van der Waals surface area contributed by atoms with Crippen molar-refractivity contribution in [1.82, 2.24) is 0 Å². The Hall–Kier alpha value is -1.04. The van der Waals surface area contributed by atoms with Gasteiger partial charge in [0.05, 0.1) is 26.3 Å². The number of allylic oxidation sites excluding steroid dienone is 1. The molecule has 0 saturated heterocycles. The molecule has 0 atom stereocenters. The number of carboxylic acid groups (broad SMARTS) is 1. The minimum Gasteiger partial charge on any atom is -0.478 e. The predicted octanol–water partition coefficient (Wildman–Crippen LogP) is 3.43. The van der Waals surface area contributed by atoms with Crippen LogP contribution in [0.4, 0.5) is 0 Å². The van der Waals surface area contributed by atoms with E-state index in [0.717, 1.165) is 17.7 Å². The van der Waals surface area contributed by atoms with Crippen molar-refractivity contribution >= 4 is 39.0 Å². The molecule has 0 fully saturated rings. The van der Waals surface area contributed by atoms with Crippen LogP contribution in [0.1, 0.15) is 24.2 Å². The molecule has 1 aromatic carbocycles. The molecule has 0 aromatic heterocycles. The number of aromatic carboxylic acids is 1. The zero-order valence-corrected chi connectivity index (χ0v) is 12.6. The van der Waals surface area contributed by atoms with Crippen LogP contribution in [0, 0.1) is 0 Å². The van der Waals surface area contributed by atoms with E-state index in [9.17, 15) is 13.2 Å². The standard InChI is InChI=1S/C12H12Cl2O4S/c1-7(2)3-4-19(17,18)11-5-8(12(15)16)9(13)6-10(11)14/h3,5-6H,4H2,1-2H3,(H,15,16). The van der Waals surface area contributed by atoms with Crippen molar-refractivity contribution in [3.63, 3.8) is 0 Å². The summed E-state index contributed by atoms with van der Waals surface area (Å²) in [6.07, 6.45) is 1.53. The Balaban J connectivity index is 3.38. The Morgan fingerprint density at radius 3 is 2.32 bits per heavy atom. The molecule has 0 bridgehead atoms. The van der Waals surface area contributed by atoms with Crippen molar-refractivity contribution in [3.8, 4) is 0 Å². The normalized spacial score (nSPS) is 11.2. The SMILES string of the molecule is CC(C)=CCS(=O)(=O)c1cc(C(=O)O)c(Cl)cc1Cl. The van der Waals surface area contributed by atoms with Crippen LogP contribution in [0.5, 0.6) is 0 Å². The van der Waals surface area contributed by atoms with Gasteiger partial charge in [0.2, 0.25) is 0 Å². The summed E-state index contributed by atoms with van der Waals surface area (Å²) in [5, 5.41) is 8.75. The molecule has 0 radical (unpaired) electrons. The fourth-order valence-corrected chi connectivity index (χ4v) is 3.50. The lowest BCUT2D eigenvalue weighted by Crippen LogP contribution is -2.08. The average Bonchev–Trinajstić information content (AvgIpc) is 2.25. The molecule has 1 rings (SSSR count). The smallest absolute Gasteiger partial charge is 0.337 e. The van der Waals surface area contributed by atoms with Crippen molar-refractivity contribution in [2.24, 2.45) is 0 Å². The highest BCUT2D eigenvalue weighted by Gasteiger charge is 2.21. The van der Waals surface area contributed by atoms with E-state index in [4.69, 9.17) is 28.3 Å². The number of hydrogen-bond donors (Lipinski definition) is 1. The van der Waals surface area contributed by atoms with Crippen LogP contribution >= 0.6 is 23.2 Å². The zero-order valence-electron chi connectivity index (χ0n) is 10.3. The first-order valence-electron chi connectivity index (χ1n) is 5.23. The quantitative estimate of drug-likeness (QED) is 0.862. The summed E-state index contributed by atoms with van der Waals surface area (Å²) in [5.41, 5.74) is 0.550. The monoisotopic (exact) mass is 322 g/mol. The second kappa shape index (κ2) is 5.94. The molecule has 0 unspecified atom stereocenters. The predicted molar refractivity (Wildman–Crippen MR) is 74.9 cm³/mol. The number of benzene rings is 1. The fraction of sp³-hybridized carbons (Fsp3) is 0.250. The third-order valence-electron chi connectivity index (χ3n) is 2.30. The number of rotatable bonds is 4. The molecule has 0 spiro atoms. The van der Waals surface area contributed by atoms with Crippen LogP contribution < -0.4 is 0 Å². The van der Waals surface area contributed by atoms with Crippen molar-refractivity contribution in [1.29, 1.82) is 0 Å². The second-order valence-corrected chi connectivity index (χ2v) is 6.95. The lowest BCUT2D eigenvalue weighted by molar-refractivity contribution is 0.0697. The molecule has 0 aliphatic rings. The van der Waals surface area contributed by atoms with Gasteiger partial charge in [0.1, 0.15) is 0 Å². The Morgan fingerprint density at radius 1 is 1.26 bits per heavy atom. The number of hydrogen-bond acceptors (Lipinski definition) is 3. The molecule has 0 aliphatic carbocycles. The van der Waals surface area contributed by atoms with Gasteiger partial charge < -0.3 is 5.11 Å². The summed E-state index contributed by atoms with van der Waals surface area (Å²) in [4.78, 5) is 10.7. The van der Waals surface area contributed by atoms with Gasteiger partial charge in [-0.05, 0) is 26.0 Å². The van der Waals surface area contributed by atoms with Crippen LogP contribution in [0.2, 0.25) is 10.0 Å². The second-order valence-electron chi connectivity index (χ2n) is 4.13. The number of carbonyl (C=O) groups is 1. The van der Waals surface area contributed by atoms with Crippen molar-refractivity contribution < 1.29 is 18.3 Å². The van der Waals surface area contributed by atoms with Crippen molar-refractivity contribution in [2.45, 2.75) is 18.7 Å². The third kappa shape index (κ3) is 3.96. The maximum absolute atomic E-state index is 12.1. The van der Waals surface area contributed by atoms with Gasteiger partial charge in [0.15, 0.2) is 9.84 Å². The molecule has 104 valence electrons. The maximum atomic E-state index is 12.1. The molecule has 0 amide bonds. The minimum atomic E-state index is -3.69. The zero-order chi connectivity index (χ0) is 14.8. The van der Waals surface area contributed by atoms with Gasteiger partial charge in [-0.3, -0.25) is 0 Å².